The van der Waals surface area contributed by atoms with Crippen LogP contribution in [0.4, 0.5) is 0 Å². The first-order valence-corrected chi connectivity index (χ1v) is 9.47. The topological polar surface area (TPSA) is 89.4 Å². The van der Waals surface area contributed by atoms with Crippen LogP contribution in [0, 0.1) is 0 Å². The zero-order valence-corrected chi connectivity index (χ0v) is 16.3. The largest absolute Gasteiger partial charge is 0.496 e. The highest BCUT2D eigenvalue weighted by Crippen LogP contribution is 2.27. The maximum absolute atomic E-state index is 12.1. The normalized spacial score (nSPS) is 11.1. The lowest BCUT2D eigenvalue weighted by Crippen LogP contribution is -2.19. The Labute approximate surface area is 167 Å². The summed E-state index contributed by atoms with van der Waals surface area (Å²) < 4.78 is 5.45. The summed E-state index contributed by atoms with van der Waals surface area (Å²) in [4.78, 5) is 24.5. The van der Waals surface area contributed by atoms with Crippen molar-refractivity contribution in [3.05, 3.63) is 77.9 Å². The molecule has 1 aromatic carbocycles. The van der Waals surface area contributed by atoms with Gasteiger partial charge in [0, 0.05) is 36.1 Å². The Kier molecular flexibility index (Phi) is 6.69. The van der Waals surface area contributed by atoms with E-state index in [9.17, 15) is 4.79 Å². The molecule has 0 saturated heterocycles. The third-order valence-corrected chi connectivity index (χ3v) is 4.77. The minimum absolute atomic E-state index is 0.307. The van der Waals surface area contributed by atoms with Gasteiger partial charge in [-0.1, -0.05) is 11.8 Å². The van der Waals surface area contributed by atoms with E-state index in [1.54, 1.807) is 43.9 Å². The van der Waals surface area contributed by atoms with Crippen LogP contribution in [-0.2, 0) is 5.75 Å². The average molecular weight is 393 g/mol. The van der Waals surface area contributed by atoms with Crippen molar-refractivity contribution in [2.24, 2.45) is 5.10 Å². The van der Waals surface area contributed by atoms with Crippen molar-refractivity contribution < 1.29 is 9.53 Å². The molecule has 8 heteroatoms. The minimum Gasteiger partial charge on any atom is -0.496 e. The second kappa shape index (κ2) is 9.61. The molecule has 7 nitrogen and oxygen atoms in total. The monoisotopic (exact) mass is 393 g/mol. The Morgan fingerprint density at radius 3 is 2.68 bits per heavy atom. The van der Waals surface area contributed by atoms with Gasteiger partial charge in [-0.15, -0.1) is 0 Å². The third kappa shape index (κ3) is 5.14. The fourth-order valence-corrected chi connectivity index (χ4v) is 3.16. The van der Waals surface area contributed by atoms with E-state index in [-0.39, 0.29) is 5.91 Å². The third-order valence-electron chi connectivity index (χ3n) is 3.85. The molecule has 0 saturated carbocycles. The van der Waals surface area contributed by atoms with Gasteiger partial charge in [0.1, 0.15) is 5.75 Å². The van der Waals surface area contributed by atoms with E-state index in [0.29, 0.717) is 22.2 Å². The van der Waals surface area contributed by atoms with Crippen molar-refractivity contribution in [3.8, 4) is 5.75 Å². The summed E-state index contributed by atoms with van der Waals surface area (Å²) in [5.74, 6) is 1.12. The van der Waals surface area contributed by atoms with Gasteiger partial charge in [-0.2, -0.15) is 5.10 Å². The highest BCUT2D eigenvalue weighted by Gasteiger charge is 2.09. The average Bonchev–Trinajstić information content (AvgIpc) is 2.76. The lowest BCUT2D eigenvalue weighted by molar-refractivity contribution is 0.0954. The molecule has 142 valence electrons. The number of amides is 1. The Hall–Kier alpha value is -3.26. The van der Waals surface area contributed by atoms with Crippen molar-refractivity contribution in [2.45, 2.75) is 17.8 Å². The smallest absolute Gasteiger partial charge is 0.272 e. The van der Waals surface area contributed by atoms with Crippen molar-refractivity contribution in [3.63, 3.8) is 0 Å². The zero-order valence-electron chi connectivity index (χ0n) is 15.5. The van der Waals surface area contributed by atoms with Crippen LogP contribution < -0.4 is 10.2 Å². The van der Waals surface area contributed by atoms with Gasteiger partial charge in [0.15, 0.2) is 5.16 Å². The number of thioether (sulfide) groups is 1. The summed E-state index contributed by atoms with van der Waals surface area (Å²) in [6.07, 6.45) is 6.53. The molecule has 0 aliphatic rings. The molecule has 0 atom stereocenters. The number of hydrogen-bond donors (Lipinski definition) is 1. The van der Waals surface area contributed by atoms with Gasteiger partial charge in [0.25, 0.3) is 5.91 Å². The number of ether oxygens (including phenoxy) is 1. The van der Waals surface area contributed by atoms with E-state index in [2.05, 4.69) is 25.5 Å². The fourth-order valence-electron chi connectivity index (χ4n) is 2.38. The molecule has 0 aliphatic carbocycles. The zero-order chi connectivity index (χ0) is 19.8. The van der Waals surface area contributed by atoms with Crippen LogP contribution in [0.15, 0.2) is 71.4 Å². The van der Waals surface area contributed by atoms with Gasteiger partial charge in [-0.05, 0) is 48.9 Å². The first kappa shape index (κ1) is 19.5. The maximum atomic E-state index is 12.1. The molecule has 2 aromatic heterocycles. The van der Waals surface area contributed by atoms with Gasteiger partial charge in [0.05, 0.1) is 18.4 Å². The molecule has 0 bridgehead atoms. The number of benzene rings is 1. The van der Waals surface area contributed by atoms with E-state index in [4.69, 9.17) is 4.74 Å². The van der Waals surface area contributed by atoms with Crippen molar-refractivity contribution in [1.29, 1.82) is 0 Å². The number of hydrazone groups is 1. The van der Waals surface area contributed by atoms with Gasteiger partial charge < -0.3 is 4.74 Å². The highest BCUT2D eigenvalue weighted by atomic mass is 32.2. The number of pyridine rings is 1. The molecule has 3 aromatic rings. The van der Waals surface area contributed by atoms with E-state index < -0.39 is 0 Å². The van der Waals surface area contributed by atoms with Crippen LogP contribution in [0.1, 0.15) is 28.4 Å². The summed E-state index contributed by atoms with van der Waals surface area (Å²) in [7, 11) is 1.64. The summed E-state index contributed by atoms with van der Waals surface area (Å²) in [5, 5.41) is 4.90. The van der Waals surface area contributed by atoms with Gasteiger partial charge in [0.2, 0.25) is 0 Å². The molecule has 0 aliphatic heterocycles. The molecule has 3 rings (SSSR count). The molecule has 0 unspecified atom stereocenters. The van der Waals surface area contributed by atoms with E-state index >= 15 is 0 Å². The van der Waals surface area contributed by atoms with E-state index in [0.717, 1.165) is 16.9 Å². The van der Waals surface area contributed by atoms with Crippen LogP contribution in [-0.4, -0.2) is 33.7 Å². The Bertz CT molecular complexity index is 965. The number of aromatic nitrogens is 3. The van der Waals surface area contributed by atoms with Crippen LogP contribution in [0.2, 0.25) is 0 Å². The Morgan fingerprint density at radius 2 is 1.96 bits per heavy atom. The molecular weight excluding hydrogens is 374 g/mol. The summed E-state index contributed by atoms with van der Waals surface area (Å²) in [5.41, 5.74) is 5.57. The molecule has 28 heavy (non-hydrogen) atoms. The first-order chi connectivity index (χ1) is 13.7. The molecule has 0 spiro atoms. The second-order valence-electron chi connectivity index (χ2n) is 5.73. The fraction of sp³-hybridized carbons (Fsp3) is 0.150. The van der Waals surface area contributed by atoms with Gasteiger partial charge >= 0.3 is 0 Å². The summed E-state index contributed by atoms with van der Waals surface area (Å²) in [6.45, 7) is 1.84. The number of methoxy groups -OCH3 is 1. The Morgan fingerprint density at radius 1 is 1.14 bits per heavy atom. The number of nitrogens with zero attached hydrogens (tertiary/aromatic N) is 4. The van der Waals surface area contributed by atoms with Crippen LogP contribution in [0.5, 0.6) is 5.75 Å². The SMILES string of the molecule is COc1ccc(/C(C)=N\NC(=O)c2cccnc2)cc1CSc1ncccn1. The number of rotatable bonds is 7. The highest BCUT2D eigenvalue weighted by molar-refractivity contribution is 7.98. The van der Waals surface area contributed by atoms with Crippen LogP contribution in [0.25, 0.3) is 0 Å². The maximum Gasteiger partial charge on any atom is 0.272 e. The van der Waals surface area contributed by atoms with Crippen molar-refractivity contribution in [2.75, 3.05) is 7.11 Å². The predicted octanol–water partition coefficient (Wildman–Crippen LogP) is 3.33. The lowest BCUT2D eigenvalue weighted by atomic mass is 10.1. The lowest BCUT2D eigenvalue weighted by Gasteiger charge is -2.10. The minimum atomic E-state index is -0.307. The quantitative estimate of drug-likeness (QED) is 0.287. The summed E-state index contributed by atoms with van der Waals surface area (Å²) in [6, 6.07) is 11.0. The molecular formula is C20H19N5O2S. The molecule has 1 amide bonds. The predicted molar refractivity (Wildman–Crippen MR) is 109 cm³/mol. The van der Waals surface area contributed by atoms with Crippen LogP contribution in [0.3, 0.4) is 0 Å². The number of nitrogens with one attached hydrogen (secondary N) is 1. The molecule has 1 N–H and O–H groups in total. The number of carbonyl (C=O) groups is 1. The molecule has 0 radical (unpaired) electrons. The van der Waals surface area contributed by atoms with Crippen molar-refractivity contribution in [1.82, 2.24) is 20.4 Å². The van der Waals surface area contributed by atoms with Crippen molar-refractivity contribution >= 4 is 23.4 Å². The first-order valence-electron chi connectivity index (χ1n) is 8.49. The standard InChI is InChI=1S/C20H19N5O2S/c1-14(24-25-19(26)16-5-3-8-21-12-16)15-6-7-18(27-2)17(11-15)13-28-20-22-9-4-10-23-20/h3-12H,13H2,1-2H3,(H,25,26)/b24-14-. The Balaban J connectivity index is 1.73. The number of carbonyl (C=O) groups excluding carboxylic acids is 1. The van der Waals surface area contributed by atoms with Gasteiger partial charge in [-0.25, -0.2) is 15.4 Å². The van der Waals surface area contributed by atoms with Crippen LogP contribution >= 0.6 is 11.8 Å². The molecule has 0 fully saturated rings. The summed E-state index contributed by atoms with van der Waals surface area (Å²) >= 11 is 1.52. The van der Waals surface area contributed by atoms with E-state index in [1.165, 1.54) is 18.0 Å². The molecule has 2 heterocycles. The van der Waals surface area contributed by atoms with Gasteiger partial charge in [-0.3, -0.25) is 9.78 Å². The second-order valence-corrected chi connectivity index (χ2v) is 6.67. The number of hydrogen-bond acceptors (Lipinski definition) is 7. The van der Waals surface area contributed by atoms with E-state index in [1.807, 2.05) is 25.1 Å².